The van der Waals surface area contributed by atoms with E-state index in [-0.39, 0.29) is 0 Å². The Morgan fingerprint density at radius 1 is 0.696 bits per heavy atom. The molecule has 2 aromatic carbocycles. The molecule has 23 heavy (non-hydrogen) atoms. The van der Waals surface area contributed by atoms with Crippen LogP contribution in [0.2, 0.25) is 0 Å². The van der Waals surface area contributed by atoms with Gasteiger partial charge in [-0.15, -0.1) is 0 Å². The fraction of sp³-hybridized carbons (Fsp3) is 0.429. The van der Waals surface area contributed by atoms with Crippen LogP contribution in [0.15, 0.2) is 48.5 Å². The van der Waals surface area contributed by atoms with Crippen LogP contribution in [0.4, 0.5) is 5.69 Å². The van der Waals surface area contributed by atoms with Crippen molar-refractivity contribution in [2.24, 2.45) is 0 Å². The standard InChI is InChI=1S/C21H26N2/c1-6-12-22(13-7-1)14-15-23-17-20-10-3-2-8-18(20)16-19-9-4-5-11-21(19)23/h2-5,8-11H,1,6-7,12-17H2. The Labute approximate surface area is 139 Å². The first kappa shape index (κ1) is 14.8. The van der Waals surface area contributed by atoms with Crippen LogP contribution >= 0.6 is 0 Å². The van der Waals surface area contributed by atoms with Gasteiger partial charge in [-0.3, -0.25) is 0 Å². The number of hydrogen-bond acceptors (Lipinski definition) is 2. The molecular weight excluding hydrogens is 280 g/mol. The third kappa shape index (κ3) is 3.28. The minimum atomic E-state index is 1.04. The van der Waals surface area contributed by atoms with Gasteiger partial charge >= 0.3 is 0 Å². The summed E-state index contributed by atoms with van der Waals surface area (Å²) in [7, 11) is 0. The number of rotatable bonds is 3. The van der Waals surface area contributed by atoms with Crippen molar-refractivity contribution in [2.75, 3.05) is 31.1 Å². The summed E-state index contributed by atoms with van der Waals surface area (Å²) < 4.78 is 0. The van der Waals surface area contributed by atoms with Crippen molar-refractivity contribution in [1.82, 2.24) is 4.90 Å². The van der Waals surface area contributed by atoms with E-state index in [4.69, 9.17) is 0 Å². The van der Waals surface area contributed by atoms with E-state index in [1.807, 2.05) is 0 Å². The fourth-order valence-corrected chi connectivity index (χ4v) is 3.99. The molecule has 0 radical (unpaired) electrons. The summed E-state index contributed by atoms with van der Waals surface area (Å²) in [5.41, 5.74) is 5.87. The number of piperidine rings is 1. The maximum atomic E-state index is 2.64. The highest BCUT2D eigenvalue weighted by atomic mass is 15.2. The Kier molecular flexibility index (Phi) is 4.34. The molecule has 2 aliphatic heterocycles. The SMILES string of the molecule is c1ccc2c(c1)Cc1ccccc1N(CCN1CCCCC1)C2. The number of fused-ring (bicyclic) bond motifs is 2. The molecule has 1 fully saturated rings. The van der Waals surface area contributed by atoms with E-state index in [9.17, 15) is 0 Å². The highest BCUT2D eigenvalue weighted by Gasteiger charge is 2.19. The highest BCUT2D eigenvalue weighted by molar-refractivity contribution is 5.58. The average molecular weight is 306 g/mol. The van der Waals surface area contributed by atoms with Crippen LogP contribution in [0.25, 0.3) is 0 Å². The molecule has 2 nitrogen and oxygen atoms in total. The van der Waals surface area contributed by atoms with Crippen LogP contribution in [-0.2, 0) is 13.0 Å². The van der Waals surface area contributed by atoms with E-state index in [2.05, 4.69) is 58.3 Å². The Morgan fingerprint density at radius 2 is 1.39 bits per heavy atom. The minimum absolute atomic E-state index is 1.04. The lowest BCUT2D eigenvalue weighted by Crippen LogP contribution is -2.37. The van der Waals surface area contributed by atoms with E-state index in [1.54, 1.807) is 0 Å². The van der Waals surface area contributed by atoms with Crippen molar-refractivity contribution >= 4 is 5.69 Å². The zero-order valence-electron chi connectivity index (χ0n) is 13.9. The van der Waals surface area contributed by atoms with Crippen LogP contribution in [0, 0.1) is 0 Å². The monoisotopic (exact) mass is 306 g/mol. The highest BCUT2D eigenvalue weighted by Crippen LogP contribution is 2.30. The van der Waals surface area contributed by atoms with Crippen LogP contribution in [0.3, 0.4) is 0 Å². The second kappa shape index (κ2) is 6.76. The molecule has 0 N–H and O–H groups in total. The van der Waals surface area contributed by atoms with E-state index >= 15 is 0 Å². The van der Waals surface area contributed by atoms with E-state index in [0.717, 1.165) is 19.5 Å². The van der Waals surface area contributed by atoms with E-state index < -0.39 is 0 Å². The number of anilines is 1. The van der Waals surface area contributed by atoms with Crippen molar-refractivity contribution in [3.63, 3.8) is 0 Å². The van der Waals surface area contributed by atoms with Crippen molar-refractivity contribution in [2.45, 2.75) is 32.2 Å². The maximum absolute atomic E-state index is 2.64. The molecule has 0 spiro atoms. The number of para-hydroxylation sites is 1. The van der Waals surface area contributed by atoms with Crippen molar-refractivity contribution in [3.8, 4) is 0 Å². The van der Waals surface area contributed by atoms with Gasteiger partial charge in [0.2, 0.25) is 0 Å². The van der Waals surface area contributed by atoms with Gasteiger partial charge in [0.05, 0.1) is 0 Å². The topological polar surface area (TPSA) is 6.48 Å². The van der Waals surface area contributed by atoms with Gasteiger partial charge in [0.25, 0.3) is 0 Å². The molecular formula is C21H26N2. The van der Waals surface area contributed by atoms with Gasteiger partial charge in [0.1, 0.15) is 0 Å². The van der Waals surface area contributed by atoms with Crippen LogP contribution in [0.5, 0.6) is 0 Å². The summed E-state index contributed by atoms with van der Waals surface area (Å²) in [6.07, 6.45) is 5.22. The molecule has 0 atom stereocenters. The number of benzene rings is 2. The molecule has 4 rings (SSSR count). The second-order valence-corrected chi connectivity index (χ2v) is 6.90. The van der Waals surface area contributed by atoms with Crippen LogP contribution in [0.1, 0.15) is 36.0 Å². The molecule has 0 aromatic heterocycles. The average Bonchev–Trinajstić information content (AvgIpc) is 2.77. The summed E-state index contributed by atoms with van der Waals surface area (Å²) in [6, 6.07) is 17.9. The summed E-state index contributed by atoms with van der Waals surface area (Å²) in [5, 5.41) is 0. The maximum Gasteiger partial charge on any atom is 0.0432 e. The summed E-state index contributed by atoms with van der Waals surface area (Å²) in [6.45, 7) is 5.93. The largest absolute Gasteiger partial charge is 0.366 e. The van der Waals surface area contributed by atoms with Gasteiger partial charge in [-0.1, -0.05) is 48.9 Å². The van der Waals surface area contributed by atoms with Crippen LogP contribution in [-0.4, -0.2) is 31.1 Å². The molecule has 0 bridgehead atoms. The summed E-state index contributed by atoms with van der Waals surface area (Å²) in [4.78, 5) is 5.23. The van der Waals surface area contributed by atoms with Gasteiger partial charge in [0.15, 0.2) is 0 Å². The van der Waals surface area contributed by atoms with E-state index in [1.165, 1.54) is 61.3 Å². The number of nitrogens with zero attached hydrogens (tertiary/aromatic N) is 2. The molecule has 0 aliphatic carbocycles. The zero-order valence-corrected chi connectivity index (χ0v) is 13.9. The first-order valence-electron chi connectivity index (χ1n) is 9.02. The van der Waals surface area contributed by atoms with E-state index in [0.29, 0.717) is 0 Å². The van der Waals surface area contributed by atoms with Crippen LogP contribution < -0.4 is 4.90 Å². The molecule has 2 aromatic rings. The normalized spacial score (nSPS) is 18.2. The molecule has 1 saturated heterocycles. The molecule has 2 heteroatoms. The lowest BCUT2D eigenvalue weighted by atomic mass is 10.0. The van der Waals surface area contributed by atoms with Crippen molar-refractivity contribution in [3.05, 3.63) is 65.2 Å². The predicted molar refractivity (Wildman–Crippen MR) is 97.0 cm³/mol. The van der Waals surface area contributed by atoms with Crippen molar-refractivity contribution in [1.29, 1.82) is 0 Å². The molecule has 0 unspecified atom stereocenters. The number of hydrogen-bond donors (Lipinski definition) is 0. The molecule has 120 valence electrons. The van der Waals surface area contributed by atoms with Gasteiger partial charge in [-0.2, -0.15) is 0 Å². The smallest absolute Gasteiger partial charge is 0.0432 e. The zero-order chi connectivity index (χ0) is 15.5. The second-order valence-electron chi connectivity index (χ2n) is 6.90. The lowest BCUT2D eigenvalue weighted by molar-refractivity contribution is 0.233. The third-order valence-corrected chi connectivity index (χ3v) is 5.33. The summed E-state index contributed by atoms with van der Waals surface area (Å²) >= 11 is 0. The van der Waals surface area contributed by atoms with Gasteiger partial charge in [0, 0.05) is 25.3 Å². The first-order chi connectivity index (χ1) is 11.4. The molecule has 2 aliphatic rings. The Hall–Kier alpha value is -1.80. The Bertz CT molecular complexity index is 658. The quantitative estimate of drug-likeness (QED) is 0.843. The lowest BCUT2D eigenvalue weighted by Gasteiger charge is -2.31. The molecule has 0 amide bonds. The Balaban J connectivity index is 1.57. The molecule has 2 heterocycles. The Morgan fingerprint density at radius 3 is 2.22 bits per heavy atom. The minimum Gasteiger partial charge on any atom is -0.366 e. The molecule has 0 saturated carbocycles. The third-order valence-electron chi connectivity index (χ3n) is 5.33. The summed E-state index contributed by atoms with van der Waals surface area (Å²) in [5.74, 6) is 0. The predicted octanol–water partition coefficient (Wildman–Crippen LogP) is 4.08. The van der Waals surface area contributed by atoms with Gasteiger partial charge in [-0.25, -0.2) is 0 Å². The first-order valence-corrected chi connectivity index (χ1v) is 9.02. The number of likely N-dealkylation sites (tertiary alicyclic amines) is 1. The van der Waals surface area contributed by atoms with Gasteiger partial charge in [-0.05, 0) is 55.1 Å². The van der Waals surface area contributed by atoms with Gasteiger partial charge < -0.3 is 9.80 Å². The van der Waals surface area contributed by atoms with Crippen molar-refractivity contribution < 1.29 is 0 Å². The fourth-order valence-electron chi connectivity index (χ4n) is 3.99.